The van der Waals surface area contributed by atoms with Gasteiger partial charge in [-0.1, -0.05) is 30.3 Å². The molecular formula is C10H9FO2. The number of rotatable bonds is 4. The van der Waals surface area contributed by atoms with Crippen molar-refractivity contribution in [1.29, 1.82) is 0 Å². The van der Waals surface area contributed by atoms with E-state index >= 15 is 0 Å². The average molecular weight is 180 g/mol. The monoisotopic (exact) mass is 180 g/mol. The van der Waals surface area contributed by atoms with E-state index in [1.54, 1.807) is 30.3 Å². The average Bonchev–Trinajstić information content (AvgIpc) is 2.15. The predicted octanol–water partition coefficient (Wildman–Crippen LogP) is 2.15. The quantitative estimate of drug-likeness (QED) is 0.525. The minimum absolute atomic E-state index is 0.0562. The predicted molar refractivity (Wildman–Crippen MR) is 46.1 cm³/mol. The zero-order chi connectivity index (χ0) is 9.68. The summed E-state index contributed by atoms with van der Waals surface area (Å²) in [5.41, 5.74) is 0.517. The van der Waals surface area contributed by atoms with Crippen LogP contribution in [0.2, 0.25) is 0 Å². The van der Waals surface area contributed by atoms with Crippen molar-refractivity contribution in [3.63, 3.8) is 0 Å². The van der Waals surface area contributed by atoms with Crippen LogP contribution in [0.3, 0.4) is 0 Å². The van der Waals surface area contributed by atoms with Crippen LogP contribution < -0.4 is 0 Å². The van der Waals surface area contributed by atoms with Gasteiger partial charge in [-0.05, 0) is 0 Å². The summed E-state index contributed by atoms with van der Waals surface area (Å²) < 4.78 is 11.8. The highest BCUT2D eigenvalue weighted by Gasteiger charge is 2.07. The van der Waals surface area contributed by atoms with E-state index in [2.05, 4.69) is 0 Å². The molecule has 0 atom stereocenters. The molecule has 1 aromatic rings. The Labute approximate surface area is 75.4 Å². The van der Waals surface area contributed by atoms with E-state index in [9.17, 15) is 14.0 Å². The minimum Gasteiger partial charge on any atom is -0.294 e. The third-order valence-electron chi connectivity index (χ3n) is 1.64. The van der Waals surface area contributed by atoms with Crippen LogP contribution in [-0.2, 0) is 4.79 Å². The van der Waals surface area contributed by atoms with Crippen LogP contribution in [0.4, 0.5) is 4.39 Å². The van der Waals surface area contributed by atoms with Crippen molar-refractivity contribution in [3.8, 4) is 0 Å². The Kier molecular flexibility index (Phi) is 3.31. The molecule has 0 amide bonds. The Balaban J connectivity index is 2.54. The third kappa shape index (κ3) is 3.15. The van der Waals surface area contributed by atoms with Crippen LogP contribution in [-0.4, -0.2) is 11.8 Å². The molecule has 68 valence electrons. The summed E-state index contributed by atoms with van der Waals surface area (Å²) in [7, 11) is 0. The number of Topliss-reactive ketones (excluding diaryl/α,β-unsaturated/α-hetero) is 1. The Hall–Kier alpha value is -1.51. The maximum atomic E-state index is 11.8. The van der Waals surface area contributed by atoms with E-state index in [0.29, 0.717) is 5.56 Å². The van der Waals surface area contributed by atoms with Gasteiger partial charge in [-0.3, -0.25) is 9.59 Å². The van der Waals surface area contributed by atoms with Gasteiger partial charge in [0, 0.05) is 18.4 Å². The van der Waals surface area contributed by atoms with Gasteiger partial charge in [0.15, 0.2) is 5.78 Å². The van der Waals surface area contributed by atoms with E-state index in [1.807, 2.05) is 0 Å². The molecule has 0 aliphatic rings. The molecule has 1 aromatic carbocycles. The summed E-state index contributed by atoms with van der Waals surface area (Å²) in [4.78, 5) is 21.2. The van der Waals surface area contributed by atoms with Crippen molar-refractivity contribution in [2.45, 2.75) is 12.8 Å². The number of hydrogen-bond acceptors (Lipinski definition) is 2. The van der Waals surface area contributed by atoms with E-state index < -0.39 is 6.04 Å². The second-order valence-electron chi connectivity index (χ2n) is 2.64. The molecule has 0 spiro atoms. The Morgan fingerprint density at radius 3 is 2.23 bits per heavy atom. The summed E-state index contributed by atoms with van der Waals surface area (Å²) in [5.74, 6) is -0.202. The summed E-state index contributed by atoms with van der Waals surface area (Å²) >= 11 is 0. The fraction of sp³-hybridized carbons (Fsp3) is 0.200. The maximum Gasteiger partial charge on any atom is 0.301 e. The second kappa shape index (κ2) is 4.50. The highest BCUT2D eigenvalue weighted by molar-refractivity contribution is 5.97. The third-order valence-corrected chi connectivity index (χ3v) is 1.64. The largest absolute Gasteiger partial charge is 0.301 e. The molecule has 0 bridgehead atoms. The number of carbonyl (C=O) groups is 2. The van der Waals surface area contributed by atoms with Crippen LogP contribution in [0.1, 0.15) is 23.2 Å². The number of halogens is 1. The molecule has 0 aromatic heterocycles. The van der Waals surface area contributed by atoms with Gasteiger partial charge in [-0.2, -0.15) is 4.39 Å². The van der Waals surface area contributed by atoms with Crippen LogP contribution >= 0.6 is 0 Å². The lowest BCUT2D eigenvalue weighted by atomic mass is 10.1. The number of ketones is 1. The lowest BCUT2D eigenvalue weighted by Gasteiger charge is -1.96. The van der Waals surface area contributed by atoms with Gasteiger partial charge in [-0.25, -0.2) is 0 Å². The molecule has 0 fully saturated rings. The molecule has 1 rings (SSSR count). The molecular weight excluding hydrogens is 171 g/mol. The zero-order valence-corrected chi connectivity index (χ0v) is 7.00. The van der Waals surface area contributed by atoms with Gasteiger partial charge in [0.25, 0.3) is 0 Å². The smallest absolute Gasteiger partial charge is 0.294 e. The minimum atomic E-state index is -1.44. The molecule has 2 nitrogen and oxygen atoms in total. The zero-order valence-electron chi connectivity index (χ0n) is 7.00. The van der Waals surface area contributed by atoms with E-state index in [-0.39, 0.29) is 18.6 Å². The summed E-state index contributed by atoms with van der Waals surface area (Å²) in [5, 5.41) is 0. The van der Waals surface area contributed by atoms with Crippen molar-refractivity contribution in [2.75, 3.05) is 0 Å². The highest BCUT2D eigenvalue weighted by atomic mass is 19.1. The molecule has 0 aliphatic carbocycles. The molecule has 0 saturated carbocycles. The number of benzene rings is 1. The lowest BCUT2D eigenvalue weighted by Crippen LogP contribution is -2.00. The first-order chi connectivity index (χ1) is 6.20. The topological polar surface area (TPSA) is 34.1 Å². The van der Waals surface area contributed by atoms with Crippen molar-refractivity contribution < 1.29 is 14.0 Å². The van der Waals surface area contributed by atoms with Gasteiger partial charge in [-0.15, -0.1) is 0 Å². The van der Waals surface area contributed by atoms with Gasteiger partial charge >= 0.3 is 6.04 Å². The van der Waals surface area contributed by atoms with Gasteiger partial charge in [0.05, 0.1) is 0 Å². The van der Waals surface area contributed by atoms with Crippen LogP contribution in [0, 0.1) is 0 Å². The van der Waals surface area contributed by atoms with Gasteiger partial charge < -0.3 is 0 Å². The van der Waals surface area contributed by atoms with Crippen molar-refractivity contribution >= 4 is 11.8 Å². The Bertz CT molecular complexity index is 306. The molecule has 0 heterocycles. The standard InChI is InChI=1S/C10H9FO2/c11-10(13)7-6-9(12)8-4-2-1-3-5-8/h1-5H,6-7H2. The van der Waals surface area contributed by atoms with E-state index in [4.69, 9.17) is 0 Å². The molecule has 0 saturated heterocycles. The van der Waals surface area contributed by atoms with Crippen molar-refractivity contribution in [2.24, 2.45) is 0 Å². The summed E-state index contributed by atoms with van der Waals surface area (Å²) in [6.07, 6.45) is -0.382. The van der Waals surface area contributed by atoms with Crippen LogP contribution in [0.15, 0.2) is 30.3 Å². The first-order valence-corrected chi connectivity index (χ1v) is 3.97. The Morgan fingerprint density at radius 2 is 1.69 bits per heavy atom. The molecule has 13 heavy (non-hydrogen) atoms. The SMILES string of the molecule is O=C(F)CCC(=O)c1ccccc1. The summed E-state index contributed by atoms with van der Waals surface area (Å²) in [6.45, 7) is 0. The fourth-order valence-corrected chi connectivity index (χ4v) is 0.980. The molecule has 3 heteroatoms. The molecule has 0 N–H and O–H groups in total. The van der Waals surface area contributed by atoms with Crippen LogP contribution in [0.5, 0.6) is 0 Å². The van der Waals surface area contributed by atoms with Gasteiger partial charge in [0.1, 0.15) is 0 Å². The maximum absolute atomic E-state index is 11.8. The second-order valence-corrected chi connectivity index (χ2v) is 2.64. The first kappa shape index (κ1) is 9.58. The summed E-state index contributed by atoms with van der Waals surface area (Å²) in [6, 6.07) is 7.09. The number of carbonyl (C=O) groups excluding carboxylic acids is 2. The molecule has 0 radical (unpaired) electrons. The van der Waals surface area contributed by atoms with Crippen molar-refractivity contribution in [3.05, 3.63) is 35.9 Å². The van der Waals surface area contributed by atoms with Crippen molar-refractivity contribution in [1.82, 2.24) is 0 Å². The van der Waals surface area contributed by atoms with E-state index in [0.717, 1.165) is 0 Å². The first-order valence-electron chi connectivity index (χ1n) is 3.97. The number of hydrogen-bond donors (Lipinski definition) is 0. The van der Waals surface area contributed by atoms with Gasteiger partial charge in [0.2, 0.25) is 0 Å². The Morgan fingerprint density at radius 1 is 1.08 bits per heavy atom. The van der Waals surface area contributed by atoms with E-state index in [1.165, 1.54) is 0 Å². The lowest BCUT2D eigenvalue weighted by molar-refractivity contribution is -0.129. The molecule has 0 unspecified atom stereocenters. The van der Waals surface area contributed by atoms with Crippen LogP contribution in [0.25, 0.3) is 0 Å². The molecule has 0 aliphatic heterocycles. The normalized spacial score (nSPS) is 9.62. The fourth-order valence-electron chi connectivity index (χ4n) is 0.980. The highest BCUT2D eigenvalue weighted by Crippen LogP contribution is 2.05.